The van der Waals surface area contributed by atoms with Gasteiger partial charge in [0.15, 0.2) is 5.78 Å². The molecule has 1 rings (SSSR count). The summed E-state index contributed by atoms with van der Waals surface area (Å²) in [5.41, 5.74) is -0.147. The Hall–Kier alpha value is -1.22. The fourth-order valence-electron chi connectivity index (χ4n) is 1.62. The third kappa shape index (κ3) is 2.30. The molecule has 0 amide bonds. The first kappa shape index (κ1) is 12.8. The fourth-order valence-corrected chi connectivity index (χ4v) is 1.62. The Kier molecular flexibility index (Phi) is 3.81. The normalized spacial score (nSPS) is 14.9. The molecule has 0 saturated carbocycles. The van der Waals surface area contributed by atoms with Crippen molar-refractivity contribution in [3.8, 4) is 0 Å². The van der Waals surface area contributed by atoms with Gasteiger partial charge in [-0.3, -0.25) is 9.69 Å². The predicted octanol–water partition coefficient (Wildman–Crippen LogP) is 2.74. The van der Waals surface area contributed by atoms with Crippen LogP contribution in [0.1, 0.15) is 30.6 Å². The van der Waals surface area contributed by atoms with Crippen LogP contribution in [0.5, 0.6) is 0 Å². The molecule has 3 heteroatoms. The van der Waals surface area contributed by atoms with Gasteiger partial charge in [-0.05, 0) is 39.6 Å². The molecule has 88 valence electrons. The molecular formula is C13H18FNO. The van der Waals surface area contributed by atoms with E-state index in [4.69, 9.17) is 0 Å². The van der Waals surface area contributed by atoms with Gasteiger partial charge in [0.05, 0.1) is 5.54 Å². The van der Waals surface area contributed by atoms with E-state index in [0.29, 0.717) is 12.0 Å². The van der Waals surface area contributed by atoms with E-state index >= 15 is 0 Å². The van der Waals surface area contributed by atoms with Crippen LogP contribution >= 0.6 is 0 Å². The monoisotopic (exact) mass is 223 g/mol. The Balaban J connectivity index is 3.10. The zero-order valence-corrected chi connectivity index (χ0v) is 10.2. The van der Waals surface area contributed by atoms with E-state index in [-0.39, 0.29) is 11.6 Å². The number of rotatable bonds is 4. The first-order valence-corrected chi connectivity index (χ1v) is 5.39. The van der Waals surface area contributed by atoms with Crippen LogP contribution in [0.15, 0.2) is 24.3 Å². The topological polar surface area (TPSA) is 20.3 Å². The summed E-state index contributed by atoms with van der Waals surface area (Å²) in [4.78, 5) is 14.2. The molecular weight excluding hydrogens is 205 g/mol. The van der Waals surface area contributed by atoms with Crippen molar-refractivity contribution < 1.29 is 9.18 Å². The zero-order chi connectivity index (χ0) is 12.3. The molecule has 0 aliphatic heterocycles. The SMILES string of the molecule is CCC(C)(C(=O)c1cccc(F)c1)N(C)C. The molecule has 0 aliphatic rings. The molecule has 0 heterocycles. The number of nitrogens with zero attached hydrogens (tertiary/aromatic N) is 1. The van der Waals surface area contributed by atoms with Gasteiger partial charge < -0.3 is 0 Å². The van der Waals surface area contributed by atoms with Crippen LogP contribution in [0.25, 0.3) is 0 Å². The second kappa shape index (κ2) is 4.74. The highest BCUT2D eigenvalue weighted by Gasteiger charge is 2.34. The minimum atomic E-state index is -0.576. The second-order valence-electron chi connectivity index (χ2n) is 4.36. The van der Waals surface area contributed by atoms with Crippen molar-refractivity contribution in [2.75, 3.05) is 14.1 Å². The molecule has 1 aromatic rings. The second-order valence-corrected chi connectivity index (χ2v) is 4.36. The maximum Gasteiger partial charge on any atom is 0.182 e. The molecule has 1 aromatic carbocycles. The highest BCUT2D eigenvalue weighted by molar-refractivity contribution is 6.02. The summed E-state index contributed by atoms with van der Waals surface area (Å²) in [7, 11) is 3.72. The van der Waals surface area contributed by atoms with Crippen molar-refractivity contribution in [1.29, 1.82) is 0 Å². The lowest BCUT2D eigenvalue weighted by atomic mass is 9.87. The predicted molar refractivity (Wildman–Crippen MR) is 63.1 cm³/mol. The quantitative estimate of drug-likeness (QED) is 0.731. The Morgan fingerprint density at radius 3 is 2.50 bits per heavy atom. The van der Waals surface area contributed by atoms with Crippen LogP contribution in [-0.4, -0.2) is 30.3 Å². The number of ketones is 1. The number of hydrogen-bond acceptors (Lipinski definition) is 2. The van der Waals surface area contributed by atoms with Crippen LogP contribution < -0.4 is 0 Å². The molecule has 0 aromatic heterocycles. The summed E-state index contributed by atoms with van der Waals surface area (Å²) in [6.07, 6.45) is 0.690. The lowest BCUT2D eigenvalue weighted by molar-refractivity contribution is 0.0710. The fraction of sp³-hybridized carbons (Fsp3) is 0.462. The first-order valence-electron chi connectivity index (χ1n) is 5.39. The van der Waals surface area contributed by atoms with Crippen molar-refractivity contribution in [1.82, 2.24) is 4.90 Å². The standard InChI is InChI=1S/C13H18FNO/c1-5-13(2,15(3)4)12(16)10-7-6-8-11(14)9-10/h6-9H,5H2,1-4H3. The molecule has 1 atom stereocenters. The number of Topliss-reactive ketones (excluding diaryl/α,β-unsaturated/α-hetero) is 1. The van der Waals surface area contributed by atoms with Gasteiger partial charge in [0.25, 0.3) is 0 Å². The van der Waals surface area contributed by atoms with Gasteiger partial charge in [0.1, 0.15) is 5.82 Å². The van der Waals surface area contributed by atoms with Crippen molar-refractivity contribution in [3.05, 3.63) is 35.6 Å². The summed E-state index contributed by atoms with van der Waals surface area (Å²) in [6, 6.07) is 5.85. The molecule has 0 bridgehead atoms. The van der Waals surface area contributed by atoms with Crippen LogP contribution in [-0.2, 0) is 0 Å². The Morgan fingerprint density at radius 1 is 1.44 bits per heavy atom. The molecule has 0 saturated heterocycles. The third-order valence-electron chi connectivity index (χ3n) is 3.25. The van der Waals surface area contributed by atoms with Crippen molar-refractivity contribution in [3.63, 3.8) is 0 Å². The van der Waals surface area contributed by atoms with E-state index in [1.807, 2.05) is 32.8 Å². The number of hydrogen-bond donors (Lipinski definition) is 0. The lowest BCUT2D eigenvalue weighted by Gasteiger charge is -2.34. The molecule has 0 N–H and O–H groups in total. The van der Waals surface area contributed by atoms with Gasteiger partial charge in [0.2, 0.25) is 0 Å². The van der Waals surface area contributed by atoms with E-state index in [9.17, 15) is 9.18 Å². The van der Waals surface area contributed by atoms with Crippen molar-refractivity contribution in [2.45, 2.75) is 25.8 Å². The summed E-state index contributed by atoms with van der Waals surface area (Å²) in [5.74, 6) is -0.414. The Morgan fingerprint density at radius 2 is 2.06 bits per heavy atom. The lowest BCUT2D eigenvalue weighted by Crippen LogP contribution is -2.48. The smallest absolute Gasteiger partial charge is 0.182 e. The maximum atomic E-state index is 13.1. The average molecular weight is 223 g/mol. The van der Waals surface area contributed by atoms with Crippen LogP contribution in [0.4, 0.5) is 4.39 Å². The highest BCUT2D eigenvalue weighted by Crippen LogP contribution is 2.22. The van der Waals surface area contributed by atoms with Gasteiger partial charge in [0, 0.05) is 5.56 Å². The van der Waals surface area contributed by atoms with Gasteiger partial charge in [-0.15, -0.1) is 0 Å². The van der Waals surface area contributed by atoms with Crippen molar-refractivity contribution >= 4 is 5.78 Å². The molecule has 2 nitrogen and oxygen atoms in total. The minimum Gasteiger partial charge on any atom is -0.297 e. The highest BCUT2D eigenvalue weighted by atomic mass is 19.1. The van der Waals surface area contributed by atoms with Gasteiger partial charge in [-0.1, -0.05) is 19.1 Å². The van der Waals surface area contributed by atoms with Crippen molar-refractivity contribution in [2.24, 2.45) is 0 Å². The van der Waals surface area contributed by atoms with Gasteiger partial charge >= 0.3 is 0 Å². The largest absolute Gasteiger partial charge is 0.297 e. The van der Waals surface area contributed by atoms with E-state index < -0.39 is 5.54 Å². The number of carbonyl (C=O) groups excluding carboxylic acids is 1. The summed E-state index contributed by atoms with van der Waals surface area (Å²) < 4.78 is 13.1. The van der Waals surface area contributed by atoms with E-state index in [0.717, 1.165) is 0 Å². The summed E-state index contributed by atoms with van der Waals surface area (Å²) in [6.45, 7) is 3.83. The minimum absolute atomic E-state index is 0.0421. The molecule has 0 spiro atoms. The number of halogens is 1. The van der Waals surface area contributed by atoms with Gasteiger partial charge in [-0.2, -0.15) is 0 Å². The summed E-state index contributed by atoms with van der Waals surface area (Å²) >= 11 is 0. The third-order valence-corrected chi connectivity index (χ3v) is 3.25. The summed E-state index contributed by atoms with van der Waals surface area (Å²) in [5, 5.41) is 0. The van der Waals surface area contributed by atoms with Crippen LogP contribution in [0.2, 0.25) is 0 Å². The molecule has 0 aliphatic carbocycles. The number of carbonyl (C=O) groups is 1. The van der Waals surface area contributed by atoms with E-state index in [2.05, 4.69) is 0 Å². The van der Waals surface area contributed by atoms with E-state index in [1.165, 1.54) is 12.1 Å². The van der Waals surface area contributed by atoms with Crippen LogP contribution in [0, 0.1) is 5.82 Å². The average Bonchev–Trinajstić information content (AvgIpc) is 2.26. The van der Waals surface area contributed by atoms with Crippen LogP contribution in [0.3, 0.4) is 0 Å². The molecule has 1 unspecified atom stereocenters. The molecule has 16 heavy (non-hydrogen) atoms. The number of benzene rings is 1. The van der Waals surface area contributed by atoms with Gasteiger partial charge in [-0.25, -0.2) is 4.39 Å². The molecule has 0 fully saturated rings. The molecule has 0 radical (unpaired) electrons. The van der Waals surface area contributed by atoms with E-state index in [1.54, 1.807) is 12.1 Å². The number of likely N-dealkylation sites (N-methyl/N-ethyl adjacent to an activating group) is 1. The zero-order valence-electron chi connectivity index (χ0n) is 10.2. The Labute approximate surface area is 96.1 Å². The Bertz CT molecular complexity index is 389. The first-order chi connectivity index (χ1) is 7.41. The maximum absolute atomic E-state index is 13.1.